The average molecular weight is 485 g/mol. The number of nitrogens with zero attached hydrogens (tertiary/aromatic N) is 3. The monoisotopic (exact) mass is 484 g/mol. The van der Waals surface area contributed by atoms with Crippen LogP contribution in [-0.4, -0.2) is 33.8 Å². The zero-order valence-corrected chi connectivity index (χ0v) is 20.4. The number of anilines is 1. The van der Waals surface area contributed by atoms with Crippen LogP contribution in [0.3, 0.4) is 0 Å². The predicted octanol–water partition coefficient (Wildman–Crippen LogP) is 4.86. The molecule has 178 valence electrons. The van der Waals surface area contributed by atoms with E-state index in [4.69, 9.17) is 17.5 Å². The van der Waals surface area contributed by atoms with E-state index in [1.165, 1.54) is 0 Å². The van der Waals surface area contributed by atoms with E-state index in [-0.39, 0.29) is 5.91 Å². The third-order valence-electron chi connectivity index (χ3n) is 5.08. The average Bonchev–Trinajstić information content (AvgIpc) is 3.33. The van der Waals surface area contributed by atoms with Crippen LogP contribution in [-0.2, 0) is 18.3 Å². The van der Waals surface area contributed by atoms with Gasteiger partial charge in [0.25, 0.3) is 0 Å². The first kappa shape index (κ1) is 25.6. The highest BCUT2D eigenvalue weighted by Crippen LogP contribution is 2.21. The van der Waals surface area contributed by atoms with Gasteiger partial charge in [0.1, 0.15) is 4.64 Å². The van der Waals surface area contributed by atoms with Gasteiger partial charge in [-0.25, -0.2) is 0 Å². The molecule has 0 saturated heterocycles. The minimum atomic E-state index is -0.0984. The van der Waals surface area contributed by atoms with Crippen molar-refractivity contribution in [1.82, 2.24) is 20.1 Å². The highest BCUT2D eigenvalue weighted by Gasteiger charge is 2.07. The second kappa shape index (κ2) is 13.6. The van der Waals surface area contributed by atoms with E-state index in [0.717, 1.165) is 29.7 Å². The standard InChI is InChI=1S/C21H22N6OS.C6H6/c1-27-14-18(13-25-27)17-10-19(21(29)24-12-17)26-20(28)7-9-23-8-6-15-2-4-16(11-22)5-3-15;1-2-4-6-5-3-1/h2-5,10,12-14,23H,6-9H2,1H3,(H,24,29)(H,26,28);1-6H. The van der Waals surface area contributed by atoms with Gasteiger partial charge in [-0.3, -0.25) is 9.48 Å². The number of pyridine rings is 1. The van der Waals surface area contributed by atoms with Gasteiger partial charge in [-0.05, 0) is 36.7 Å². The number of hydrogen-bond donors (Lipinski definition) is 3. The molecule has 0 spiro atoms. The Morgan fingerprint density at radius 3 is 2.37 bits per heavy atom. The molecule has 4 aromatic rings. The van der Waals surface area contributed by atoms with Crippen molar-refractivity contribution in [2.24, 2.45) is 7.05 Å². The summed E-state index contributed by atoms with van der Waals surface area (Å²) < 4.78 is 2.21. The smallest absolute Gasteiger partial charge is 0.225 e. The zero-order chi connectivity index (χ0) is 24.9. The third kappa shape index (κ3) is 8.66. The van der Waals surface area contributed by atoms with Crippen molar-refractivity contribution in [3.05, 3.63) is 101 Å². The first-order valence-corrected chi connectivity index (χ1v) is 11.7. The van der Waals surface area contributed by atoms with Crippen LogP contribution >= 0.6 is 12.2 Å². The molecule has 7 nitrogen and oxygen atoms in total. The molecule has 0 aliphatic carbocycles. The summed E-state index contributed by atoms with van der Waals surface area (Å²) in [4.78, 5) is 15.3. The molecule has 0 saturated carbocycles. The van der Waals surface area contributed by atoms with Crippen molar-refractivity contribution in [2.45, 2.75) is 12.8 Å². The topological polar surface area (TPSA) is 98.5 Å². The van der Waals surface area contributed by atoms with E-state index in [9.17, 15) is 4.79 Å². The van der Waals surface area contributed by atoms with Gasteiger partial charge in [-0.1, -0.05) is 60.7 Å². The molecule has 8 heteroatoms. The number of H-pyrrole nitrogens is 1. The van der Waals surface area contributed by atoms with Crippen LogP contribution in [0, 0.1) is 16.0 Å². The Kier molecular flexibility index (Phi) is 9.93. The normalized spacial score (nSPS) is 10.1. The molecule has 35 heavy (non-hydrogen) atoms. The van der Waals surface area contributed by atoms with Gasteiger partial charge in [-0.2, -0.15) is 10.4 Å². The Labute approximate surface area is 210 Å². The quantitative estimate of drug-likeness (QED) is 0.245. The fourth-order valence-electron chi connectivity index (χ4n) is 3.22. The van der Waals surface area contributed by atoms with Gasteiger partial charge in [-0.15, -0.1) is 0 Å². The number of carbonyl (C=O) groups excluding carboxylic acids is 1. The first-order chi connectivity index (χ1) is 17.0. The van der Waals surface area contributed by atoms with E-state index >= 15 is 0 Å². The van der Waals surface area contributed by atoms with Crippen LogP contribution in [0.4, 0.5) is 5.69 Å². The highest BCUT2D eigenvalue weighted by atomic mass is 32.1. The number of rotatable bonds is 8. The van der Waals surface area contributed by atoms with Gasteiger partial charge in [0.15, 0.2) is 0 Å². The van der Waals surface area contributed by atoms with Crippen LogP contribution in [0.2, 0.25) is 0 Å². The molecule has 3 N–H and O–H groups in total. The van der Waals surface area contributed by atoms with E-state index in [2.05, 4.69) is 26.8 Å². The Morgan fingerprint density at radius 2 is 1.77 bits per heavy atom. The van der Waals surface area contributed by atoms with E-state index in [0.29, 0.717) is 28.9 Å². The molecule has 0 radical (unpaired) electrons. The van der Waals surface area contributed by atoms with Crippen LogP contribution in [0.15, 0.2) is 85.3 Å². The Balaban J connectivity index is 0.000000497. The summed E-state index contributed by atoms with van der Waals surface area (Å²) in [6.45, 7) is 1.33. The molecule has 0 aliphatic heterocycles. The molecular formula is C27H28N6OS. The molecule has 0 aliphatic rings. The fraction of sp³-hybridized carbons (Fsp3) is 0.185. The Bertz CT molecular complexity index is 1280. The summed E-state index contributed by atoms with van der Waals surface area (Å²) >= 11 is 5.28. The van der Waals surface area contributed by atoms with Gasteiger partial charge < -0.3 is 15.6 Å². The molecule has 2 heterocycles. The first-order valence-electron chi connectivity index (χ1n) is 11.3. The van der Waals surface area contributed by atoms with E-state index in [1.807, 2.05) is 80.0 Å². The number of nitriles is 1. The van der Waals surface area contributed by atoms with Gasteiger partial charge in [0, 0.05) is 43.5 Å². The fourth-order valence-corrected chi connectivity index (χ4v) is 3.39. The Hall–Kier alpha value is -4.06. The van der Waals surface area contributed by atoms with Crippen LogP contribution in [0.1, 0.15) is 17.5 Å². The van der Waals surface area contributed by atoms with Crippen LogP contribution in [0.25, 0.3) is 11.1 Å². The molecule has 0 bridgehead atoms. The summed E-state index contributed by atoms with van der Waals surface area (Å²) in [5.41, 5.74) is 4.24. The van der Waals surface area contributed by atoms with Crippen molar-refractivity contribution < 1.29 is 4.79 Å². The van der Waals surface area contributed by atoms with E-state index in [1.54, 1.807) is 17.1 Å². The lowest BCUT2D eigenvalue weighted by Gasteiger charge is -2.08. The zero-order valence-electron chi connectivity index (χ0n) is 19.6. The third-order valence-corrected chi connectivity index (χ3v) is 5.42. The van der Waals surface area contributed by atoms with Crippen LogP contribution in [0.5, 0.6) is 0 Å². The summed E-state index contributed by atoms with van der Waals surface area (Å²) in [7, 11) is 1.85. The molecule has 4 rings (SSSR count). The molecule has 2 aromatic heterocycles. The summed E-state index contributed by atoms with van der Waals surface area (Å²) in [6.07, 6.45) is 6.65. The van der Waals surface area contributed by atoms with Crippen LogP contribution < -0.4 is 10.6 Å². The Morgan fingerprint density at radius 1 is 1.09 bits per heavy atom. The maximum Gasteiger partial charge on any atom is 0.225 e. The number of aromatic nitrogens is 3. The second-order valence-corrected chi connectivity index (χ2v) is 8.20. The number of benzene rings is 2. The summed E-state index contributed by atoms with van der Waals surface area (Å²) in [5, 5.41) is 19.1. The lowest BCUT2D eigenvalue weighted by atomic mass is 10.1. The molecule has 0 atom stereocenters. The number of aryl methyl sites for hydroxylation is 1. The molecule has 0 unspecified atom stereocenters. The minimum Gasteiger partial charge on any atom is -0.351 e. The number of amides is 1. The van der Waals surface area contributed by atoms with Crippen molar-refractivity contribution in [3.8, 4) is 17.2 Å². The molecule has 1 amide bonds. The lowest BCUT2D eigenvalue weighted by Crippen LogP contribution is -2.23. The van der Waals surface area contributed by atoms with Gasteiger partial charge in [0.2, 0.25) is 5.91 Å². The number of carbonyl (C=O) groups is 1. The number of hydrogen-bond acceptors (Lipinski definition) is 5. The molecular weight excluding hydrogens is 456 g/mol. The molecule has 0 fully saturated rings. The highest BCUT2D eigenvalue weighted by molar-refractivity contribution is 7.71. The van der Waals surface area contributed by atoms with Crippen molar-refractivity contribution >= 4 is 23.8 Å². The van der Waals surface area contributed by atoms with Crippen molar-refractivity contribution in [1.29, 1.82) is 5.26 Å². The molecule has 2 aromatic carbocycles. The minimum absolute atomic E-state index is 0.0984. The van der Waals surface area contributed by atoms with Crippen molar-refractivity contribution in [3.63, 3.8) is 0 Å². The van der Waals surface area contributed by atoms with Gasteiger partial charge >= 0.3 is 0 Å². The van der Waals surface area contributed by atoms with E-state index < -0.39 is 0 Å². The second-order valence-electron chi connectivity index (χ2n) is 7.80. The summed E-state index contributed by atoms with van der Waals surface area (Å²) in [6, 6.07) is 23.5. The van der Waals surface area contributed by atoms with Crippen molar-refractivity contribution in [2.75, 3.05) is 18.4 Å². The largest absolute Gasteiger partial charge is 0.351 e. The van der Waals surface area contributed by atoms with Gasteiger partial charge in [0.05, 0.1) is 23.5 Å². The number of aromatic amines is 1. The maximum atomic E-state index is 12.3. The predicted molar refractivity (Wildman–Crippen MR) is 141 cm³/mol. The lowest BCUT2D eigenvalue weighted by molar-refractivity contribution is -0.116. The maximum absolute atomic E-state index is 12.3. The number of nitrogens with one attached hydrogen (secondary N) is 3. The SMILES string of the molecule is Cn1cc(-c2c[nH]c(=S)c(NC(=O)CCNCCc3ccc(C#N)cc3)c2)cn1.c1ccccc1. The summed E-state index contributed by atoms with van der Waals surface area (Å²) in [5.74, 6) is -0.0984.